The van der Waals surface area contributed by atoms with Crippen LogP contribution in [0.15, 0.2) is 12.1 Å². The highest BCUT2D eigenvalue weighted by Gasteiger charge is 2.19. The van der Waals surface area contributed by atoms with Crippen molar-refractivity contribution in [2.24, 2.45) is 0 Å². The third kappa shape index (κ3) is 5.80. The minimum absolute atomic E-state index is 0.334. The molecular weight excluding hydrogens is 370 g/mol. The van der Waals surface area contributed by atoms with E-state index in [0.29, 0.717) is 66.0 Å². The molecule has 0 aliphatic rings. The Bertz CT molecular complexity index is 723. The predicted octanol–water partition coefficient (Wildman–Crippen LogP) is 3.52. The van der Waals surface area contributed by atoms with E-state index in [1.54, 1.807) is 12.1 Å². The largest absolute Gasteiger partial charge is 0.490 e. The van der Waals surface area contributed by atoms with E-state index in [-0.39, 0.29) is 5.91 Å². The maximum absolute atomic E-state index is 12.7. The van der Waals surface area contributed by atoms with E-state index in [4.69, 9.17) is 18.9 Å². The van der Waals surface area contributed by atoms with Gasteiger partial charge in [0.1, 0.15) is 11.6 Å². The van der Waals surface area contributed by atoms with Gasteiger partial charge in [-0.2, -0.15) is 0 Å². The summed E-state index contributed by atoms with van der Waals surface area (Å²) in [5, 5.41) is 11.8. The normalized spacial score (nSPS) is 10.5. The molecule has 1 aromatic carbocycles. The molecule has 1 amide bonds. The number of nitrogens with zero attached hydrogens (tertiary/aromatic N) is 2. The van der Waals surface area contributed by atoms with Crippen molar-refractivity contribution < 1.29 is 23.7 Å². The van der Waals surface area contributed by atoms with Gasteiger partial charge < -0.3 is 18.9 Å². The van der Waals surface area contributed by atoms with Crippen LogP contribution in [0, 0.1) is 0 Å². The van der Waals surface area contributed by atoms with Gasteiger partial charge in [0.2, 0.25) is 10.9 Å². The zero-order chi connectivity index (χ0) is 19.6. The van der Waals surface area contributed by atoms with Crippen LogP contribution in [-0.2, 0) is 11.3 Å². The molecule has 148 valence electrons. The lowest BCUT2D eigenvalue weighted by atomic mass is 10.1. The molecule has 0 aliphatic heterocycles. The summed E-state index contributed by atoms with van der Waals surface area (Å²) in [5.41, 5.74) is 0.381. The summed E-state index contributed by atoms with van der Waals surface area (Å²) < 4.78 is 22.2. The number of hydrogen-bond donors (Lipinski definition) is 1. The van der Waals surface area contributed by atoms with Gasteiger partial charge >= 0.3 is 0 Å². The van der Waals surface area contributed by atoms with E-state index in [2.05, 4.69) is 15.5 Å². The van der Waals surface area contributed by atoms with Crippen LogP contribution in [0.5, 0.6) is 17.2 Å². The predicted molar refractivity (Wildman–Crippen MR) is 103 cm³/mol. The van der Waals surface area contributed by atoms with Crippen LogP contribution < -0.4 is 19.5 Å². The number of hydrogen-bond acceptors (Lipinski definition) is 8. The summed E-state index contributed by atoms with van der Waals surface area (Å²) >= 11 is 1.27. The molecule has 27 heavy (non-hydrogen) atoms. The molecule has 0 fully saturated rings. The topological polar surface area (TPSA) is 91.8 Å². The van der Waals surface area contributed by atoms with E-state index in [1.807, 2.05) is 27.7 Å². The molecule has 0 radical (unpaired) electrons. The Kier molecular flexibility index (Phi) is 8.28. The van der Waals surface area contributed by atoms with Gasteiger partial charge in [0.25, 0.3) is 5.91 Å². The van der Waals surface area contributed by atoms with Crippen LogP contribution >= 0.6 is 11.3 Å². The SMILES string of the molecule is CCOCc1nnc(NC(=O)c2cc(OCC)c(OCC)c(OCC)c2)s1. The van der Waals surface area contributed by atoms with Crippen molar-refractivity contribution in [2.75, 3.05) is 31.7 Å². The van der Waals surface area contributed by atoms with Gasteiger partial charge in [-0.25, -0.2) is 0 Å². The van der Waals surface area contributed by atoms with Gasteiger partial charge in [0.15, 0.2) is 11.5 Å². The summed E-state index contributed by atoms with van der Waals surface area (Å²) in [6, 6.07) is 3.27. The monoisotopic (exact) mass is 395 g/mol. The molecule has 2 rings (SSSR count). The number of benzene rings is 1. The molecule has 0 bridgehead atoms. The number of nitrogens with one attached hydrogen (secondary N) is 1. The Morgan fingerprint density at radius 2 is 1.59 bits per heavy atom. The van der Waals surface area contributed by atoms with Gasteiger partial charge in [-0.05, 0) is 39.8 Å². The van der Waals surface area contributed by atoms with E-state index >= 15 is 0 Å². The highest BCUT2D eigenvalue weighted by atomic mass is 32.1. The third-order valence-electron chi connectivity index (χ3n) is 3.29. The molecule has 1 N–H and O–H groups in total. The van der Waals surface area contributed by atoms with Crippen molar-refractivity contribution in [3.8, 4) is 17.2 Å². The van der Waals surface area contributed by atoms with E-state index in [1.165, 1.54) is 11.3 Å². The summed E-state index contributed by atoms with van der Waals surface area (Å²) in [7, 11) is 0. The Labute approximate surface area is 162 Å². The number of amides is 1. The van der Waals surface area contributed by atoms with Crippen molar-refractivity contribution in [2.45, 2.75) is 34.3 Å². The van der Waals surface area contributed by atoms with Crippen LogP contribution in [0.4, 0.5) is 5.13 Å². The number of aromatic nitrogens is 2. The second-order valence-corrected chi connectivity index (χ2v) is 6.25. The average Bonchev–Trinajstić information content (AvgIpc) is 3.10. The number of ether oxygens (including phenoxy) is 4. The van der Waals surface area contributed by atoms with Crippen molar-refractivity contribution in [1.82, 2.24) is 10.2 Å². The Hall–Kier alpha value is -2.39. The summed E-state index contributed by atoms with van der Waals surface area (Å²) in [5.74, 6) is 1.08. The summed E-state index contributed by atoms with van der Waals surface area (Å²) in [6.07, 6.45) is 0. The highest BCUT2D eigenvalue weighted by Crippen LogP contribution is 2.39. The number of carbonyl (C=O) groups excluding carboxylic acids is 1. The Morgan fingerprint density at radius 3 is 2.15 bits per heavy atom. The van der Waals surface area contributed by atoms with Crippen LogP contribution in [0.1, 0.15) is 43.1 Å². The second-order valence-electron chi connectivity index (χ2n) is 5.19. The van der Waals surface area contributed by atoms with Crippen molar-refractivity contribution in [3.05, 3.63) is 22.7 Å². The maximum atomic E-state index is 12.7. The molecule has 8 nitrogen and oxygen atoms in total. The molecular formula is C18H25N3O5S. The Balaban J connectivity index is 2.24. The fourth-order valence-corrected chi connectivity index (χ4v) is 2.91. The first-order valence-corrected chi connectivity index (χ1v) is 9.72. The molecule has 0 saturated carbocycles. The van der Waals surface area contributed by atoms with Gasteiger partial charge in [0.05, 0.1) is 19.8 Å². The van der Waals surface area contributed by atoms with Gasteiger partial charge in [-0.15, -0.1) is 10.2 Å². The van der Waals surface area contributed by atoms with Crippen LogP contribution in [0.2, 0.25) is 0 Å². The summed E-state index contributed by atoms with van der Waals surface area (Å²) in [6.45, 7) is 9.81. The number of rotatable bonds is 11. The van der Waals surface area contributed by atoms with Crippen molar-refractivity contribution in [3.63, 3.8) is 0 Å². The Morgan fingerprint density at radius 1 is 0.963 bits per heavy atom. The highest BCUT2D eigenvalue weighted by molar-refractivity contribution is 7.15. The molecule has 0 atom stereocenters. The number of carbonyl (C=O) groups is 1. The first-order chi connectivity index (χ1) is 13.1. The van der Waals surface area contributed by atoms with Crippen LogP contribution in [-0.4, -0.2) is 42.5 Å². The van der Waals surface area contributed by atoms with E-state index < -0.39 is 0 Å². The molecule has 2 aromatic rings. The molecule has 0 spiro atoms. The zero-order valence-electron chi connectivity index (χ0n) is 16.0. The molecule has 1 aromatic heterocycles. The fourth-order valence-electron chi connectivity index (χ4n) is 2.24. The van der Waals surface area contributed by atoms with E-state index in [9.17, 15) is 4.79 Å². The summed E-state index contributed by atoms with van der Waals surface area (Å²) in [4.78, 5) is 12.7. The lowest BCUT2D eigenvalue weighted by molar-refractivity contribution is 0.102. The van der Waals surface area contributed by atoms with Crippen LogP contribution in [0.25, 0.3) is 0 Å². The maximum Gasteiger partial charge on any atom is 0.257 e. The first-order valence-electron chi connectivity index (χ1n) is 8.90. The lowest BCUT2D eigenvalue weighted by Crippen LogP contribution is -2.13. The molecule has 1 heterocycles. The first kappa shape index (κ1) is 20.9. The molecule has 0 unspecified atom stereocenters. The third-order valence-corrected chi connectivity index (χ3v) is 4.10. The van der Waals surface area contributed by atoms with Gasteiger partial charge in [-0.3, -0.25) is 10.1 Å². The van der Waals surface area contributed by atoms with E-state index in [0.717, 1.165) is 0 Å². The van der Waals surface area contributed by atoms with Gasteiger partial charge in [-0.1, -0.05) is 11.3 Å². The average molecular weight is 395 g/mol. The quantitative estimate of drug-likeness (QED) is 0.622. The zero-order valence-corrected chi connectivity index (χ0v) is 16.9. The van der Waals surface area contributed by atoms with Gasteiger partial charge in [0, 0.05) is 12.2 Å². The van der Waals surface area contributed by atoms with Crippen LogP contribution in [0.3, 0.4) is 0 Å². The molecule has 0 aliphatic carbocycles. The minimum Gasteiger partial charge on any atom is -0.490 e. The molecule has 0 saturated heterocycles. The number of anilines is 1. The van der Waals surface area contributed by atoms with Crippen molar-refractivity contribution >= 4 is 22.4 Å². The molecule has 9 heteroatoms. The smallest absolute Gasteiger partial charge is 0.257 e. The standard InChI is InChI=1S/C18H25N3O5S/c1-5-23-11-15-20-21-18(27-15)19-17(22)12-9-13(24-6-2)16(26-8-4)14(10-12)25-7-3/h9-10H,5-8,11H2,1-4H3,(H,19,21,22). The minimum atomic E-state index is -0.334. The lowest BCUT2D eigenvalue weighted by Gasteiger charge is -2.16. The fraction of sp³-hybridized carbons (Fsp3) is 0.500. The second kappa shape index (κ2) is 10.7. The van der Waals surface area contributed by atoms with Crippen molar-refractivity contribution in [1.29, 1.82) is 0 Å².